The van der Waals surface area contributed by atoms with Gasteiger partial charge in [0.05, 0.1) is 7.11 Å². The average Bonchev–Trinajstić information content (AvgIpc) is 3.08. The number of hydrogen-bond acceptors (Lipinski definition) is 6. The van der Waals surface area contributed by atoms with Gasteiger partial charge < -0.3 is 25.5 Å². The number of carbonyl (C=O) groups excluding carboxylic acids is 4. The van der Waals surface area contributed by atoms with Crippen LogP contribution >= 0.6 is 0 Å². The molecule has 0 aromatic heterocycles. The highest BCUT2D eigenvalue weighted by atomic mass is 28.4. The zero-order valence-electron chi connectivity index (χ0n) is 29.0. The number of aryl methyl sites for hydroxylation is 1. The van der Waals surface area contributed by atoms with E-state index in [0.29, 0.717) is 25.7 Å². The van der Waals surface area contributed by atoms with Crippen molar-refractivity contribution in [2.75, 3.05) is 7.11 Å². The zero-order valence-corrected chi connectivity index (χ0v) is 30.0. The normalized spacial score (nSPS) is 13.6. The summed E-state index contributed by atoms with van der Waals surface area (Å²) in [6.45, 7) is 9.21. The maximum Gasteiger partial charge on any atom is 0.328 e. The van der Waals surface area contributed by atoms with E-state index in [2.05, 4.69) is 16.0 Å². The molecule has 0 saturated heterocycles. The van der Waals surface area contributed by atoms with Crippen molar-refractivity contribution in [1.29, 1.82) is 0 Å². The van der Waals surface area contributed by atoms with Crippen molar-refractivity contribution in [2.45, 2.75) is 89.9 Å². The van der Waals surface area contributed by atoms with E-state index in [-0.39, 0.29) is 18.2 Å². The van der Waals surface area contributed by atoms with Crippen LogP contribution in [0.5, 0.6) is 0 Å². The van der Waals surface area contributed by atoms with Crippen LogP contribution in [0.15, 0.2) is 91.0 Å². The molecule has 0 aliphatic heterocycles. The molecule has 0 unspecified atom stereocenters. The maximum absolute atomic E-state index is 13.8. The molecule has 0 aliphatic carbocycles. The van der Waals surface area contributed by atoms with Crippen LogP contribution in [0.2, 0.25) is 5.04 Å². The van der Waals surface area contributed by atoms with E-state index in [9.17, 15) is 24.0 Å². The van der Waals surface area contributed by atoms with Gasteiger partial charge in [0.25, 0.3) is 8.32 Å². The van der Waals surface area contributed by atoms with E-state index in [1.165, 1.54) is 14.0 Å². The van der Waals surface area contributed by atoms with Gasteiger partial charge in [-0.25, -0.2) is 4.79 Å². The Labute approximate surface area is 286 Å². The van der Waals surface area contributed by atoms with Gasteiger partial charge in [-0.3, -0.25) is 14.4 Å². The molecule has 3 atom stereocenters. The third kappa shape index (κ3) is 10.4. The molecule has 3 aromatic carbocycles. The number of nitrogens with one attached hydrogen (secondary N) is 3. The van der Waals surface area contributed by atoms with Gasteiger partial charge in [-0.05, 0) is 59.0 Å². The van der Waals surface area contributed by atoms with Crippen molar-refractivity contribution in [3.63, 3.8) is 0 Å². The van der Waals surface area contributed by atoms with E-state index >= 15 is 0 Å². The minimum absolute atomic E-state index is 0.0397. The van der Waals surface area contributed by atoms with Crippen molar-refractivity contribution in [3.8, 4) is 0 Å². The van der Waals surface area contributed by atoms with E-state index in [1.54, 1.807) is 0 Å². The maximum atomic E-state index is 13.8. The Morgan fingerprint density at radius 3 is 1.69 bits per heavy atom. The fourth-order valence-electron chi connectivity index (χ4n) is 6.10. The molecular formula is C38H51N3O6Si. The quantitative estimate of drug-likeness (QED) is 0.128. The highest BCUT2D eigenvalue weighted by molar-refractivity contribution is 6.98. The molecule has 258 valence electrons. The highest BCUT2D eigenvalue weighted by Gasteiger charge is 2.50. The van der Waals surface area contributed by atoms with Crippen LogP contribution in [0, 0.1) is 5.92 Å². The summed E-state index contributed by atoms with van der Waals surface area (Å²) in [5.74, 6) is -1.92. The first-order valence-corrected chi connectivity index (χ1v) is 18.6. The van der Waals surface area contributed by atoms with Gasteiger partial charge in [-0.15, -0.1) is 0 Å². The number of ether oxygens (including phenoxy) is 1. The first-order valence-electron chi connectivity index (χ1n) is 16.6. The lowest BCUT2D eigenvalue weighted by Crippen LogP contribution is -2.65. The van der Waals surface area contributed by atoms with Crippen LogP contribution in [-0.2, 0) is 30.3 Å². The summed E-state index contributed by atoms with van der Waals surface area (Å²) >= 11 is 0. The Hall–Kier alpha value is -4.28. The fourth-order valence-corrected chi connectivity index (χ4v) is 9.85. The molecule has 0 heterocycles. The highest BCUT2D eigenvalue weighted by Crippen LogP contribution is 2.40. The standard InChI is InChI=1S/C38H51N3O6Si/c1-27(2)26-34(41-35(43)32(39-28(3)42)23-22-29-16-10-7-11-17-29)36(44)40-33(37(45)47-6)24-25-38(4,5)48(46,30-18-12-8-13-19-30)31-20-14-9-15-21-31/h7-21,27,32-34,46H,22-26H2,1-6H3,(H,39,42)(H,40,44)(H,41,43)/t32-,33-,34-/m0/s1. The van der Waals surface area contributed by atoms with Crippen LogP contribution in [-0.4, -0.2) is 62.0 Å². The molecule has 9 nitrogen and oxygen atoms in total. The molecular weight excluding hydrogens is 623 g/mol. The van der Waals surface area contributed by atoms with Gasteiger partial charge in [0.15, 0.2) is 0 Å². The number of esters is 1. The molecule has 3 rings (SSSR count). The Bertz CT molecular complexity index is 1440. The molecule has 0 aliphatic rings. The number of benzene rings is 3. The lowest BCUT2D eigenvalue weighted by Gasteiger charge is -2.42. The Morgan fingerprint density at radius 1 is 0.729 bits per heavy atom. The van der Waals surface area contributed by atoms with Crippen molar-refractivity contribution in [1.82, 2.24) is 16.0 Å². The zero-order chi connectivity index (χ0) is 35.3. The van der Waals surface area contributed by atoms with Gasteiger partial charge in [0.1, 0.15) is 18.1 Å². The van der Waals surface area contributed by atoms with Gasteiger partial charge in [0, 0.05) is 6.92 Å². The predicted octanol–water partition coefficient (Wildman–Crippen LogP) is 3.63. The lowest BCUT2D eigenvalue weighted by atomic mass is 9.99. The summed E-state index contributed by atoms with van der Waals surface area (Å²) in [7, 11) is -2.09. The molecule has 0 fully saturated rings. The second-order valence-electron chi connectivity index (χ2n) is 13.4. The number of methoxy groups -OCH3 is 1. The Kier molecular flexibility index (Phi) is 14.1. The van der Waals surface area contributed by atoms with Gasteiger partial charge in [-0.1, -0.05) is 119 Å². The summed E-state index contributed by atoms with van der Waals surface area (Å²) in [6, 6.07) is 26.0. The minimum Gasteiger partial charge on any atom is -0.467 e. The van der Waals surface area contributed by atoms with Gasteiger partial charge >= 0.3 is 5.97 Å². The Balaban J connectivity index is 1.80. The molecule has 0 radical (unpaired) electrons. The third-order valence-electron chi connectivity index (χ3n) is 8.82. The molecule has 3 aromatic rings. The molecule has 3 amide bonds. The summed E-state index contributed by atoms with van der Waals surface area (Å²) in [6.07, 6.45) is 1.82. The van der Waals surface area contributed by atoms with Crippen molar-refractivity contribution >= 4 is 42.4 Å². The minimum atomic E-state index is -3.36. The molecule has 10 heteroatoms. The van der Waals surface area contributed by atoms with E-state index in [4.69, 9.17) is 4.74 Å². The van der Waals surface area contributed by atoms with Crippen molar-refractivity contribution in [3.05, 3.63) is 96.6 Å². The predicted molar refractivity (Wildman–Crippen MR) is 191 cm³/mol. The van der Waals surface area contributed by atoms with Crippen LogP contribution in [0.3, 0.4) is 0 Å². The molecule has 48 heavy (non-hydrogen) atoms. The smallest absolute Gasteiger partial charge is 0.328 e. The first-order chi connectivity index (χ1) is 22.8. The van der Waals surface area contributed by atoms with E-state index in [1.807, 2.05) is 119 Å². The second kappa shape index (κ2) is 17.7. The summed E-state index contributed by atoms with van der Waals surface area (Å²) in [5.41, 5.74) is 1.02. The van der Waals surface area contributed by atoms with Gasteiger partial charge in [0.2, 0.25) is 17.7 Å². The van der Waals surface area contributed by atoms with Gasteiger partial charge in [-0.2, -0.15) is 0 Å². The fraction of sp³-hybridized carbons (Fsp3) is 0.421. The number of carbonyl (C=O) groups is 4. The monoisotopic (exact) mass is 673 g/mol. The van der Waals surface area contributed by atoms with E-state index < -0.39 is 49.3 Å². The van der Waals surface area contributed by atoms with Crippen molar-refractivity contribution in [2.24, 2.45) is 5.92 Å². The number of amides is 3. The topological polar surface area (TPSA) is 134 Å². The average molecular weight is 674 g/mol. The lowest BCUT2D eigenvalue weighted by molar-refractivity contribution is -0.145. The second-order valence-corrected chi connectivity index (χ2v) is 17.3. The van der Waals surface area contributed by atoms with Crippen molar-refractivity contribution < 1.29 is 28.7 Å². The number of rotatable bonds is 17. The molecule has 0 saturated carbocycles. The molecule has 0 bridgehead atoms. The Morgan fingerprint density at radius 2 is 1.21 bits per heavy atom. The first kappa shape index (κ1) is 38.2. The van der Waals surface area contributed by atoms with E-state index in [0.717, 1.165) is 15.9 Å². The van der Waals surface area contributed by atoms with Crippen LogP contribution in [0.25, 0.3) is 0 Å². The summed E-state index contributed by atoms with van der Waals surface area (Å²) < 4.78 is 5.09. The van der Waals surface area contributed by atoms with Crippen LogP contribution < -0.4 is 26.3 Å². The third-order valence-corrected chi connectivity index (χ3v) is 13.4. The molecule has 0 spiro atoms. The largest absolute Gasteiger partial charge is 0.467 e. The summed E-state index contributed by atoms with van der Waals surface area (Å²) in [5, 5.41) is 9.43. The SMILES string of the molecule is COC(=O)[C@H](CCC(C)(C)[Si](O)(c1ccccc1)c1ccccc1)NC(=O)[C@H](CC(C)C)NC(=O)[C@H](CCc1ccccc1)NC(C)=O. The number of hydrogen-bond donors (Lipinski definition) is 4. The van der Waals surface area contributed by atoms with Crippen LogP contribution in [0.1, 0.15) is 65.9 Å². The summed E-state index contributed by atoms with van der Waals surface area (Å²) in [4.78, 5) is 64.8. The molecule has 4 N–H and O–H groups in total. The van der Waals surface area contributed by atoms with Crippen LogP contribution in [0.4, 0.5) is 0 Å².